The fourth-order valence-corrected chi connectivity index (χ4v) is 0.764. The van der Waals surface area contributed by atoms with E-state index in [1.54, 1.807) is 10.9 Å². The Morgan fingerprint density at radius 1 is 1.60 bits per heavy atom. The lowest BCUT2D eigenvalue weighted by Crippen LogP contribution is -2.55. The van der Waals surface area contributed by atoms with E-state index in [2.05, 4.69) is 10.8 Å². The van der Waals surface area contributed by atoms with Crippen molar-refractivity contribution in [1.82, 2.24) is 5.10 Å². The minimum Gasteiger partial charge on any atom is -0.759 e. The molecule has 0 spiro atoms. The van der Waals surface area contributed by atoms with Crippen molar-refractivity contribution in [3.8, 4) is 0 Å². The van der Waals surface area contributed by atoms with Crippen LogP contribution in [0.5, 0.6) is 0 Å². The maximum absolute atomic E-state index is 8.54. The lowest BCUT2D eigenvalue weighted by atomic mass is 10.5. The lowest BCUT2D eigenvalue weighted by molar-refractivity contribution is -0.772. The van der Waals surface area contributed by atoms with Gasteiger partial charge in [-0.15, -0.1) is 0 Å². The zero-order chi connectivity index (χ0) is 12.1. The van der Waals surface area contributed by atoms with Crippen molar-refractivity contribution < 1.29 is 33.0 Å². The van der Waals surface area contributed by atoms with Crippen LogP contribution in [0.15, 0.2) is 6.20 Å². The van der Waals surface area contributed by atoms with E-state index in [0.29, 0.717) is 18.1 Å². The number of H-pyrrole nitrogens is 1. The Morgan fingerprint density at radius 3 is 2.33 bits per heavy atom. The molecule has 0 saturated carbocycles. The molecule has 1 aromatic rings. The quantitative estimate of drug-likeness (QED) is 0.236. The molecule has 1 aromatic heterocycles. The summed E-state index contributed by atoms with van der Waals surface area (Å²) in [6.07, 6.45) is 1.65. The molecule has 0 aromatic carbocycles. The number of anilines is 1. The number of quaternary nitrogens is 1. The summed E-state index contributed by atoms with van der Waals surface area (Å²) in [6.45, 7) is 0.600. The van der Waals surface area contributed by atoms with Gasteiger partial charge in [0.2, 0.25) is 6.54 Å². The van der Waals surface area contributed by atoms with E-state index in [4.69, 9.17) is 28.4 Å². The lowest BCUT2D eigenvalue weighted by Gasteiger charge is -2.06. The highest BCUT2D eigenvalue weighted by Crippen LogP contribution is 2.01. The summed E-state index contributed by atoms with van der Waals surface area (Å²) in [5, 5.41) is 11.4. The Balaban J connectivity index is 0.000000336. The fraction of sp³-hybridized carbons (Fsp3) is 0.400. The van der Waals surface area contributed by atoms with Gasteiger partial charge in [0.15, 0.2) is 5.69 Å². The highest BCUT2D eigenvalue weighted by molar-refractivity contribution is 7.79. The molecule has 9 nitrogen and oxygen atoms in total. The molecule has 0 saturated heterocycles. The molecule has 10 heteroatoms. The van der Waals surface area contributed by atoms with Crippen LogP contribution in [0, 0.1) is 0 Å². The van der Waals surface area contributed by atoms with E-state index in [1.807, 2.05) is 0 Å². The van der Waals surface area contributed by atoms with E-state index in [9.17, 15) is 0 Å². The number of nitrogens with two attached hydrogens (primary N) is 1. The first kappa shape index (κ1) is 13.8. The molecule has 0 atom stereocenters. The van der Waals surface area contributed by atoms with Crippen LogP contribution in [0.4, 0.5) is 11.5 Å². The number of aliphatic hydroxyl groups excluding tert-OH is 1. The molecular formula is C5H12N4O5S. The van der Waals surface area contributed by atoms with Crippen LogP contribution in [0.25, 0.3) is 0 Å². The van der Waals surface area contributed by atoms with Gasteiger partial charge < -0.3 is 19.9 Å². The molecule has 7 N–H and O–H groups in total. The van der Waals surface area contributed by atoms with Crippen molar-refractivity contribution in [2.45, 2.75) is 6.54 Å². The van der Waals surface area contributed by atoms with Crippen molar-refractivity contribution in [3.63, 3.8) is 0 Å². The first-order valence-corrected chi connectivity index (χ1v) is 5.05. The number of hydrogen-bond acceptors (Lipinski definition) is 6. The Hall–Kier alpha value is -1.20. The van der Waals surface area contributed by atoms with Crippen molar-refractivity contribution in [3.05, 3.63) is 6.20 Å². The SMILES string of the molecule is Nc1c[nH][n+](CCO)c1[NH3+].O=S(=O)([O-])[O-]. The fourth-order valence-electron chi connectivity index (χ4n) is 0.764. The monoisotopic (exact) mass is 240 g/mol. The summed E-state index contributed by atoms with van der Waals surface area (Å²) in [5.74, 6) is 0.717. The summed E-state index contributed by atoms with van der Waals surface area (Å²) < 4.78 is 35.8. The van der Waals surface area contributed by atoms with Gasteiger partial charge in [-0.3, -0.25) is 14.2 Å². The van der Waals surface area contributed by atoms with Crippen LogP contribution in [0.1, 0.15) is 0 Å². The first-order chi connectivity index (χ1) is 6.75. The van der Waals surface area contributed by atoms with Gasteiger partial charge in [-0.25, -0.2) is 0 Å². The number of nitrogens with zero attached hydrogens (tertiary/aromatic N) is 1. The van der Waals surface area contributed by atoms with Gasteiger partial charge in [-0.05, 0) is 0 Å². The van der Waals surface area contributed by atoms with Crippen molar-refractivity contribution >= 4 is 21.9 Å². The number of nitrogens with one attached hydrogen (secondary N) is 1. The maximum atomic E-state index is 8.54. The molecule has 88 valence electrons. The summed E-state index contributed by atoms with van der Waals surface area (Å²) in [5.41, 5.74) is 9.79. The zero-order valence-corrected chi connectivity index (χ0v) is 8.53. The first-order valence-electron chi connectivity index (χ1n) is 3.72. The van der Waals surface area contributed by atoms with Gasteiger partial charge in [-0.2, -0.15) is 5.10 Å². The van der Waals surface area contributed by atoms with Crippen LogP contribution in [0.3, 0.4) is 0 Å². The number of aromatic amines is 1. The number of aliphatic hydroxyl groups is 1. The third-order valence-electron chi connectivity index (χ3n) is 1.36. The minimum absolute atomic E-state index is 0.0904. The number of nitrogen functional groups attached to an aromatic ring is 1. The Morgan fingerprint density at radius 2 is 2.07 bits per heavy atom. The summed E-state index contributed by atoms with van der Waals surface area (Å²) in [4.78, 5) is 0. The van der Waals surface area contributed by atoms with E-state index in [-0.39, 0.29) is 6.61 Å². The van der Waals surface area contributed by atoms with Gasteiger partial charge in [0.25, 0.3) is 0 Å². The minimum atomic E-state index is -5.17. The smallest absolute Gasteiger partial charge is 0.412 e. The molecule has 0 fully saturated rings. The molecule has 1 heterocycles. The van der Waals surface area contributed by atoms with Gasteiger partial charge in [0.05, 0.1) is 6.20 Å². The maximum Gasteiger partial charge on any atom is 0.412 e. The molecule has 15 heavy (non-hydrogen) atoms. The van der Waals surface area contributed by atoms with Crippen LogP contribution in [-0.4, -0.2) is 34.3 Å². The molecule has 0 unspecified atom stereocenters. The normalized spacial score (nSPS) is 10.7. The van der Waals surface area contributed by atoms with Crippen LogP contribution >= 0.6 is 0 Å². The third-order valence-corrected chi connectivity index (χ3v) is 1.36. The van der Waals surface area contributed by atoms with Crippen molar-refractivity contribution in [2.24, 2.45) is 0 Å². The molecule has 0 aliphatic carbocycles. The molecule has 0 aliphatic heterocycles. The summed E-state index contributed by atoms with van der Waals surface area (Å²) >= 11 is 0. The predicted octanol–water partition coefficient (Wildman–Crippen LogP) is -3.59. The summed E-state index contributed by atoms with van der Waals surface area (Å²) in [6, 6.07) is 0. The van der Waals surface area contributed by atoms with Crippen molar-refractivity contribution in [1.29, 1.82) is 0 Å². The number of hydrogen-bond donors (Lipinski definition) is 4. The average Bonchev–Trinajstić information content (AvgIpc) is 2.34. The second kappa shape index (κ2) is 5.63. The number of aromatic nitrogens is 2. The zero-order valence-electron chi connectivity index (χ0n) is 7.71. The molecular weight excluding hydrogens is 228 g/mol. The van der Waals surface area contributed by atoms with Crippen LogP contribution in [0.2, 0.25) is 0 Å². The van der Waals surface area contributed by atoms with Gasteiger partial charge in [0, 0.05) is 10.4 Å². The van der Waals surface area contributed by atoms with Crippen molar-refractivity contribution in [2.75, 3.05) is 12.3 Å². The topological polar surface area (TPSA) is 174 Å². The van der Waals surface area contributed by atoms with E-state index < -0.39 is 10.4 Å². The Bertz CT molecular complexity index is 392. The van der Waals surface area contributed by atoms with E-state index >= 15 is 0 Å². The van der Waals surface area contributed by atoms with Gasteiger partial charge in [0.1, 0.15) is 6.61 Å². The number of rotatable bonds is 2. The largest absolute Gasteiger partial charge is 0.759 e. The average molecular weight is 240 g/mol. The van der Waals surface area contributed by atoms with E-state index in [0.717, 1.165) is 0 Å². The molecule has 0 radical (unpaired) electrons. The molecule has 1 rings (SSSR count). The second-order valence-electron chi connectivity index (χ2n) is 2.46. The highest BCUT2D eigenvalue weighted by Gasteiger charge is 2.15. The van der Waals surface area contributed by atoms with Gasteiger partial charge in [-0.1, -0.05) is 4.68 Å². The highest BCUT2D eigenvalue weighted by atomic mass is 32.3. The molecule has 0 bridgehead atoms. The van der Waals surface area contributed by atoms with E-state index in [1.165, 1.54) is 0 Å². The third kappa shape index (κ3) is 6.82. The van der Waals surface area contributed by atoms with Crippen LogP contribution < -0.4 is 16.1 Å². The summed E-state index contributed by atoms with van der Waals surface area (Å²) in [7, 11) is -5.17. The molecule has 0 amide bonds. The Labute approximate surface area is 85.9 Å². The Kier molecular flexibility index (Phi) is 5.18. The second-order valence-corrected chi connectivity index (χ2v) is 3.28. The molecule has 0 aliphatic rings. The van der Waals surface area contributed by atoms with Crippen LogP contribution in [-0.2, 0) is 16.9 Å². The predicted molar refractivity (Wildman–Crippen MR) is 45.5 cm³/mol. The standard InChI is InChI=1S/C5H10N4O.H2O4S/c6-4-3-8-9(1-2-10)5(4)7;1-5(2,3)4/h3,10H,1-2,6H2,(H2,7,8);(H2,1,2,3,4). The van der Waals surface area contributed by atoms with Gasteiger partial charge >= 0.3 is 5.82 Å².